The Hall–Kier alpha value is -2.43. The highest BCUT2D eigenvalue weighted by Crippen LogP contribution is 2.44. The zero-order valence-corrected chi connectivity index (χ0v) is 13.4. The summed E-state index contributed by atoms with van der Waals surface area (Å²) in [5, 5.41) is 2.95. The summed E-state index contributed by atoms with van der Waals surface area (Å²) < 4.78 is 32.0. The van der Waals surface area contributed by atoms with Crippen LogP contribution in [-0.4, -0.2) is 19.1 Å². The van der Waals surface area contributed by atoms with Gasteiger partial charge < -0.3 is 10.1 Å². The number of methoxy groups -OCH3 is 1. The molecule has 0 aromatic heterocycles. The van der Waals surface area contributed by atoms with E-state index in [0.29, 0.717) is 0 Å². The molecule has 1 fully saturated rings. The Morgan fingerprint density at radius 1 is 1.25 bits per heavy atom. The number of aryl methyl sites for hydroxylation is 1. The van der Waals surface area contributed by atoms with Crippen molar-refractivity contribution in [2.75, 3.05) is 7.11 Å². The van der Waals surface area contributed by atoms with Crippen LogP contribution in [0.3, 0.4) is 0 Å². The van der Waals surface area contributed by atoms with Crippen LogP contribution in [0.4, 0.5) is 8.78 Å². The molecule has 2 atom stereocenters. The first-order chi connectivity index (χ1) is 11.6. The Morgan fingerprint density at radius 2 is 2.04 bits per heavy atom. The van der Waals surface area contributed by atoms with E-state index in [-0.39, 0.29) is 36.3 Å². The zero-order valence-electron chi connectivity index (χ0n) is 13.4. The zero-order chi connectivity index (χ0) is 17.1. The van der Waals surface area contributed by atoms with Crippen LogP contribution in [0, 0.1) is 11.6 Å². The number of carbonyl (C=O) groups is 1. The van der Waals surface area contributed by atoms with Crippen LogP contribution in [0.5, 0.6) is 5.75 Å². The number of carbonyl (C=O) groups excluding carboxylic acids is 1. The van der Waals surface area contributed by atoms with Gasteiger partial charge >= 0.3 is 0 Å². The van der Waals surface area contributed by atoms with E-state index in [9.17, 15) is 13.6 Å². The second kappa shape index (κ2) is 6.99. The van der Waals surface area contributed by atoms with Gasteiger partial charge in [0.15, 0.2) is 0 Å². The van der Waals surface area contributed by atoms with Gasteiger partial charge in [-0.25, -0.2) is 8.78 Å². The van der Waals surface area contributed by atoms with E-state index in [4.69, 9.17) is 4.74 Å². The van der Waals surface area contributed by atoms with Gasteiger partial charge in [-0.2, -0.15) is 0 Å². The molecular weight excluding hydrogens is 312 g/mol. The topological polar surface area (TPSA) is 38.3 Å². The molecule has 0 radical (unpaired) electrons. The summed E-state index contributed by atoms with van der Waals surface area (Å²) in [6.07, 6.45) is 1.18. The third kappa shape index (κ3) is 3.72. The largest absolute Gasteiger partial charge is 0.496 e. The first kappa shape index (κ1) is 16.4. The van der Waals surface area contributed by atoms with Crippen LogP contribution in [0.25, 0.3) is 0 Å². The van der Waals surface area contributed by atoms with E-state index in [2.05, 4.69) is 5.32 Å². The predicted octanol–water partition coefficient (Wildman–Crippen LogP) is 3.58. The van der Waals surface area contributed by atoms with Crippen LogP contribution in [-0.2, 0) is 11.2 Å². The highest BCUT2D eigenvalue weighted by Gasteiger charge is 2.40. The fourth-order valence-corrected chi connectivity index (χ4v) is 2.93. The minimum atomic E-state index is -0.495. The Balaban J connectivity index is 1.53. The number of hydrogen-bond acceptors (Lipinski definition) is 2. The van der Waals surface area contributed by atoms with Crippen LogP contribution in [0.15, 0.2) is 42.5 Å². The average molecular weight is 331 g/mol. The molecule has 3 nitrogen and oxygen atoms in total. The van der Waals surface area contributed by atoms with Gasteiger partial charge in [0.25, 0.3) is 0 Å². The van der Waals surface area contributed by atoms with Crippen molar-refractivity contribution in [1.82, 2.24) is 5.32 Å². The van der Waals surface area contributed by atoms with Crippen LogP contribution in [0.2, 0.25) is 0 Å². The number of para-hydroxylation sites is 1. The molecule has 1 saturated carbocycles. The lowest BCUT2D eigenvalue weighted by atomic mass is 10.1. The second-order valence-corrected chi connectivity index (χ2v) is 5.99. The molecule has 0 bridgehead atoms. The van der Waals surface area contributed by atoms with Crippen molar-refractivity contribution in [2.45, 2.75) is 31.2 Å². The molecule has 2 aromatic carbocycles. The molecule has 5 heteroatoms. The molecule has 1 amide bonds. The standard InChI is InChI=1S/C19H19F2NO2/c1-24-18-5-3-2-4-14(18)15-11-17(15)22-19(23)9-6-12-10-13(20)7-8-16(12)21/h2-5,7-8,10,15,17H,6,9,11H2,1H3,(H,22,23)/t15-,17-/m1/s1. The minimum absolute atomic E-state index is 0.0751. The molecule has 0 saturated heterocycles. The summed E-state index contributed by atoms with van der Waals surface area (Å²) in [5.41, 5.74) is 1.31. The number of amides is 1. The lowest BCUT2D eigenvalue weighted by molar-refractivity contribution is -0.121. The quantitative estimate of drug-likeness (QED) is 0.879. The molecule has 1 aliphatic rings. The fourth-order valence-electron chi connectivity index (χ4n) is 2.93. The van der Waals surface area contributed by atoms with Gasteiger partial charge in [-0.15, -0.1) is 0 Å². The Kier molecular flexibility index (Phi) is 4.79. The van der Waals surface area contributed by atoms with Gasteiger partial charge in [-0.05, 0) is 48.2 Å². The molecule has 1 aliphatic carbocycles. The monoisotopic (exact) mass is 331 g/mol. The minimum Gasteiger partial charge on any atom is -0.496 e. The number of hydrogen-bond donors (Lipinski definition) is 1. The van der Waals surface area contributed by atoms with Crippen molar-refractivity contribution in [3.63, 3.8) is 0 Å². The summed E-state index contributed by atoms with van der Waals surface area (Å²) in [6.45, 7) is 0. The lowest BCUT2D eigenvalue weighted by Crippen LogP contribution is -2.26. The van der Waals surface area contributed by atoms with E-state index in [1.54, 1.807) is 7.11 Å². The lowest BCUT2D eigenvalue weighted by Gasteiger charge is -2.09. The van der Waals surface area contributed by atoms with Crippen molar-refractivity contribution >= 4 is 5.91 Å². The summed E-state index contributed by atoms with van der Waals surface area (Å²) in [6, 6.07) is 11.1. The Bertz CT molecular complexity index is 748. The van der Waals surface area contributed by atoms with Gasteiger partial charge in [0.05, 0.1) is 7.11 Å². The fraction of sp³-hybridized carbons (Fsp3) is 0.316. The summed E-state index contributed by atoms with van der Waals surface area (Å²) >= 11 is 0. The third-order valence-electron chi connectivity index (χ3n) is 4.30. The first-order valence-electron chi connectivity index (χ1n) is 7.94. The van der Waals surface area contributed by atoms with Crippen molar-refractivity contribution in [2.24, 2.45) is 0 Å². The van der Waals surface area contributed by atoms with Crippen molar-refractivity contribution in [1.29, 1.82) is 0 Å². The van der Waals surface area contributed by atoms with Crippen LogP contribution in [0.1, 0.15) is 29.9 Å². The average Bonchev–Trinajstić information content (AvgIpc) is 3.34. The van der Waals surface area contributed by atoms with Crippen LogP contribution >= 0.6 is 0 Å². The van der Waals surface area contributed by atoms with E-state index in [1.807, 2.05) is 24.3 Å². The third-order valence-corrected chi connectivity index (χ3v) is 4.30. The maximum absolute atomic E-state index is 13.5. The number of rotatable bonds is 6. The van der Waals surface area contributed by atoms with Gasteiger partial charge in [-0.3, -0.25) is 4.79 Å². The summed E-state index contributed by atoms with van der Waals surface area (Å²) in [7, 11) is 1.63. The van der Waals surface area contributed by atoms with Crippen molar-refractivity contribution in [3.05, 3.63) is 65.2 Å². The normalized spacial score (nSPS) is 19.0. The molecule has 2 aromatic rings. The SMILES string of the molecule is COc1ccccc1[C@H]1C[C@H]1NC(=O)CCc1cc(F)ccc1F. The molecule has 0 spiro atoms. The predicted molar refractivity (Wildman–Crippen MR) is 87.0 cm³/mol. The molecular formula is C19H19F2NO2. The molecule has 126 valence electrons. The van der Waals surface area contributed by atoms with Gasteiger partial charge in [0.2, 0.25) is 5.91 Å². The van der Waals surface area contributed by atoms with Gasteiger partial charge in [-0.1, -0.05) is 18.2 Å². The molecule has 0 unspecified atom stereocenters. The molecule has 1 N–H and O–H groups in total. The molecule has 24 heavy (non-hydrogen) atoms. The summed E-state index contributed by atoms with van der Waals surface area (Å²) in [5.74, 6) is -0.0640. The van der Waals surface area contributed by atoms with Gasteiger partial charge in [0.1, 0.15) is 17.4 Å². The first-order valence-corrected chi connectivity index (χ1v) is 7.94. The second-order valence-electron chi connectivity index (χ2n) is 5.99. The number of nitrogens with one attached hydrogen (secondary N) is 1. The molecule has 3 rings (SSSR count). The highest BCUT2D eigenvalue weighted by atomic mass is 19.1. The molecule has 0 aliphatic heterocycles. The van der Waals surface area contributed by atoms with E-state index in [0.717, 1.165) is 35.9 Å². The summed E-state index contributed by atoms with van der Waals surface area (Å²) in [4.78, 5) is 12.0. The number of benzene rings is 2. The Morgan fingerprint density at radius 3 is 2.83 bits per heavy atom. The highest BCUT2D eigenvalue weighted by molar-refractivity contribution is 5.77. The number of ether oxygens (including phenoxy) is 1. The maximum atomic E-state index is 13.5. The smallest absolute Gasteiger partial charge is 0.220 e. The van der Waals surface area contributed by atoms with E-state index in [1.165, 1.54) is 0 Å². The number of halogens is 2. The molecule has 0 heterocycles. The van der Waals surface area contributed by atoms with E-state index >= 15 is 0 Å². The van der Waals surface area contributed by atoms with Gasteiger partial charge in [0, 0.05) is 18.4 Å². The Labute approximate surface area is 139 Å². The van der Waals surface area contributed by atoms with Crippen molar-refractivity contribution in [3.8, 4) is 5.75 Å². The maximum Gasteiger partial charge on any atom is 0.220 e. The van der Waals surface area contributed by atoms with E-state index < -0.39 is 11.6 Å². The van der Waals surface area contributed by atoms with Crippen molar-refractivity contribution < 1.29 is 18.3 Å². The van der Waals surface area contributed by atoms with Crippen LogP contribution < -0.4 is 10.1 Å².